The largest absolute Gasteiger partial charge is 0.476 e. The van der Waals surface area contributed by atoms with Crippen LogP contribution < -0.4 is 5.73 Å². The first-order chi connectivity index (χ1) is 34.0. The quantitative estimate of drug-likeness (QED) is 0.150. The summed E-state index contributed by atoms with van der Waals surface area (Å²) in [5.74, 6) is -3.19. The van der Waals surface area contributed by atoms with E-state index in [9.17, 15) is 23.2 Å². The van der Waals surface area contributed by atoms with Crippen LogP contribution in [0.5, 0.6) is 0 Å². The number of fused-ring (bicyclic) bond motifs is 1. The van der Waals surface area contributed by atoms with Crippen molar-refractivity contribution in [2.75, 3.05) is 12.3 Å². The van der Waals surface area contributed by atoms with Crippen molar-refractivity contribution in [3.05, 3.63) is 63.4 Å². The molecule has 0 unspecified atom stereocenters. The summed E-state index contributed by atoms with van der Waals surface area (Å²) in [6.07, 6.45) is 0. The lowest BCUT2D eigenvalue weighted by atomic mass is 10.2. The van der Waals surface area contributed by atoms with Crippen molar-refractivity contribution in [3.8, 4) is 0 Å². The third-order valence-electron chi connectivity index (χ3n) is 4.37. The number of esters is 1. The highest BCUT2D eigenvalue weighted by molar-refractivity contribution is 14.1. The number of benzene rings is 2. The molecule has 0 fully saturated rings. The number of halogens is 3. The average Bonchev–Trinajstić information content (AvgIpc) is 3.77. The van der Waals surface area contributed by atoms with E-state index in [4.69, 9.17) is 38.0 Å². The van der Waals surface area contributed by atoms with Crippen LogP contribution in [0.2, 0.25) is 0 Å². The van der Waals surface area contributed by atoms with Gasteiger partial charge in [-0.05, 0) is 72.0 Å². The predicted octanol–water partition coefficient (Wildman–Crippen LogP) is 4.70. The molecule has 0 bridgehead atoms. The van der Waals surface area contributed by atoms with Gasteiger partial charge in [0.2, 0.25) is 5.78 Å². The fourth-order valence-electron chi connectivity index (χ4n) is 2.33. The van der Waals surface area contributed by atoms with E-state index in [0.717, 1.165) is 16.0 Å². The molecule has 0 saturated carbocycles. The third-order valence-corrected chi connectivity index (χ3v) is 87.5. The van der Waals surface area contributed by atoms with Gasteiger partial charge in [0.25, 0.3) is 0 Å². The van der Waals surface area contributed by atoms with Gasteiger partial charge in [-0.15, -0.1) is 0 Å². The van der Waals surface area contributed by atoms with Crippen LogP contribution >= 0.6 is 22.6 Å². The predicted molar refractivity (Wildman–Crippen MR) is 417 cm³/mol. The van der Waals surface area contributed by atoms with E-state index in [1.807, 2.05) is 236 Å². The van der Waals surface area contributed by atoms with Crippen LogP contribution in [-0.2, 0) is 374 Å². The van der Waals surface area contributed by atoms with Crippen LogP contribution in [-0.4, -0.2) is 34.4 Å². The Labute approximate surface area is 539 Å². The first kappa shape index (κ1) is 78.8. The van der Waals surface area contributed by atoms with E-state index < -0.39 is 17.7 Å². The molecule has 4 N–H and O–H groups in total. The average molecular weight is 1830 g/mol. The molecule has 1 heterocycles. The second-order valence-corrected chi connectivity index (χ2v) is 76.6. The first-order valence-corrected chi connectivity index (χ1v) is 68.0. The zero-order valence-corrected chi connectivity index (χ0v) is 67.2. The lowest BCUT2D eigenvalue weighted by molar-refractivity contribution is -0.148. The number of hydrogen-bond donors (Lipinski definition) is 3. The molecular formula is C21H23F2IN2O5S40. The van der Waals surface area contributed by atoms with Gasteiger partial charge in [0.1, 0.15) is 17.3 Å². The van der Waals surface area contributed by atoms with Crippen molar-refractivity contribution in [1.82, 2.24) is 4.98 Å². The molecule has 1 aromatic heterocycles. The van der Waals surface area contributed by atoms with Crippen molar-refractivity contribution in [3.63, 3.8) is 0 Å². The number of ketones is 1. The molecule has 3 aromatic rings. The zero-order valence-electron chi connectivity index (χ0n) is 32.4. The summed E-state index contributed by atoms with van der Waals surface area (Å²) < 4.78 is 30.7. The Morgan fingerprint density at radius 1 is 0.549 bits per heavy atom. The molecule has 50 heteroatoms. The summed E-state index contributed by atoms with van der Waals surface area (Å²) in [5, 5.41) is 8.31. The minimum atomic E-state index is -1.38. The van der Waals surface area contributed by atoms with Gasteiger partial charge in [0.05, 0.1) is 6.61 Å². The molecule has 7 nitrogen and oxygen atoms in total. The van der Waals surface area contributed by atoms with Crippen LogP contribution in [0.1, 0.15) is 31.8 Å². The van der Waals surface area contributed by atoms with Gasteiger partial charge >= 0.3 is 11.9 Å². The van der Waals surface area contributed by atoms with Crippen molar-refractivity contribution in [2.24, 2.45) is 0 Å². The fourth-order valence-corrected chi connectivity index (χ4v) is 102. The Hall–Kier alpha value is 5.78. The van der Waals surface area contributed by atoms with Gasteiger partial charge in [0.15, 0.2) is 0 Å². The second kappa shape index (κ2) is 60.4. The molecule has 0 amide bonds. The maximum absolute atomic E-state index is 12.9. The Balaban J connectivity index is 0. The van der Waals surface area contributed by atoms with Crippen LogP contribution in [0.3, 0.4) is 0 Å². The van der Waals surface area contributed by atoms with Gasteiger partial charge in [-0.2, -0.15) is 0 Å². The van der Waals surface area contributed by atoms with Crippen molar-refractivity contribution in [2.45, 2.75) is 21.3 Å². The Bertz CT molecular complexity index is 4000. The molecule has 0 spiro atoms. The van der Waals surface area contributed by atoms with E-state index >= 15 is 0 Å². The highest BCUT2D eigenvalue weighted by Gasteiger charge is 2.10. The van der Waals surface area contributed by atoms with Crippen molar-refractivity contribution in [1.29, 1.82) is 0 Å². The summed E-state index contributed by atoms with van der Waals surface area (Å²) in [6.45, 7) is 3.06. The summed E-state index contributed by atoms with van der Waals surface area (Å²) in [4.78, 5) is 33.1. The monoisotopic (exact) mass is 1830 g/mol. The van der Waals surface area contributed by atoms with Gasteiger partial charge < -0.3 is 20.6 Å². The van der Waals surface area contributed by atoms with E-state index in [-0.39, 0.29) is 19.1 Å². The molecule has 0 saturated heterocycles. The molecule has 0 radical (unpaired) electrons. The van der Waals surface area contributed by atoms with Crippen LogP contribution in [0, 0.1) is 15.2 Å². The fraction of sp³-hybridized carbons (Fsp3) is 0.190. The van der Waals surface area contributed by atoms with E-state index in [1.54, 1.807) is 132 Å². The number of hydrogen-bond acceptors (Lipinski definition) is 7. The number of nitrogens with one attached hydrogen (secondary N) is 1. The summed E-state index contributed by atoms with van der Waals surface area (Å²) in [6, 6.07) is 10.2. The maximum atomic E-state index is 12.9. The SMILES string of the molecule is C.CC(=O)C(=O)O.CCOC(=O)c1cc2cc(F)ccc2[nH]1.Nc1ccc(F)cc1I.S=S=S=S=S=S=S=S=S=S=S=S=S=S=S=S=S=S=S=S=S=S=S=S=S=S=S=S=S=S=S=S=S=S=S=S=S=S=S=S. The lowest BCUT2D eigenvalue weighted by Gasteiger charge is -1.96. The number of carboxylic acid groups (broad SMARTS) is 1. The van der Waals surface area contributed by atoms with Crippen molar-refractivity contribution >= 4 is 417 Å². The summed E-state index contributed by atoms with van der Waals surface area (Å²) in [5.41, 5.74) is 7.10. The van der Waals surface area contributed by atoms with E-state index in [2.05, 4.69) is 4.98 Å². The zero-order chi connectivity index (χ0) is 51.7. The lowest BCUT2D eigenvalue weighted by Crippen LogP contribution is -2.05. The molecular weight excluding hydrogens is 1810 g/mol. The van der Waals surface area contributed by atoms with Crippen molar-refractivity contribution < 1.29 is 33.0 Å². The molecule has 71 heavy (non-hydrogen) atoms. The van der Waals surface area contributed by atoms with Gasteiger partial charge in [-0.25, -0.2) is 18.4 Å². The van der Waals surface area contributed by atoms with E-state index in [0.29, 0.717) is 23.4 Å². The number of H-pyrrole nitrogens is 1. The minimum absolute atomic E-state index is 0. The standard InChI is InChI=1S/C11H10FNO2.C6H5FIN.C3H4O3.CH4.S40/c1-2-15-11(14)10-6-7-5-8(12)3-4-9(7)13-10;7-4-1-2-6(9)5(8)3-4;1-2(4)3(5)6;;1-3-5-7-9-11-13-15-17-19-21-23-25-27-29-31-33-35-37-39-40-38-36-34-32-30-28-26-24-22-20-18-16-14-12-10-8-6-4-2/h3-6,13H,2H2,1H3;1-3H,9H2;1H3,(H,5,6);1H4;. The smallest absolute Gasteiger partial charge is 0.371 e. The number of anilines is 1. The molecule has 0 aliphatic rings. The number of nitrogen functional groups attached to an aromatic ring is 1. The Kier molecular flexibility index (Phi) is 67.0. The van der Waals surface area contributed by atoms with E-state index in [1.165, 1.54) is 42.0 Å². The molecule has 0 atom stereocenters. The first-order valence-electron chi connectivity index (χ1n) is 14.9. The number of rotatable bonds is 3. The maximum Gasteiger partial charge on any atom is 0.371 e. The molecule has 408 valence electrons. The number of Topliss-reactive ketones (excluding diaryl/α,β-unsaturated/α-hetero) is 1. The topological polar surface area (TPSA) is 122 Å². The highest BCUT2D eigenvalue weighted by atomic mass is 127. The van der Waals surface area contributed by atoms with Gasteiger partial charge in [-0.1, -0.05) is 7.43 Å². The van der Waals surface area contributed by atoms with Crippen LogP contribution in [0.4, 0.5) is 14.5 Å². The third kappa shape index (κ3) is 53.5. The second-order valence-electron chi connectivity index (χ2n) is 8.25. The summed E-state index contributed by atoms with van der Waals surface area (Å²) in [7, 11) is 67.4. The number of carboxylic acids is 1. The van der Waals surface area contributed by atoms with Crippen LogP contribution in [0.15, 0.2) is 42.5 Å². The van der Waals surface area contributed by atoms with Gasteiger partial charge in [-0.3, -0.25) is 4.79 Å². The number of carbonyl (C=O) groups excluding carboxylic acids is 2. The number of ether oxygens (including phenoxy) is 1. The number of nitrogens with two attached hydrogens (primary N) is 1. The summed E-state index contributed by atoms with van der Waals surface area (Å²) >= 11 is 11.6. The van der Waals surface area contributed by atoms with Gasteiger partial charge in [0, 0.05) is 387 Å². The molecule has 0 aliphatic heterocycles. The number of aromatic nitrogens is 1. The van der Waals surface area contributed by atoms with Crippen LogP contribution in [0.25, 0.3) is 10.9 Å². The Morgan fingerprint density at radius 3 is 1.08 bits per heavy atom. The molecule has 0 aliphatic carbocycles. The number of carbonyl (C=O) groups is 3. The Morgan fingerprint density at radius 2 is 0.831 bits per heavy atom. The number of aromatic amines is 1. The minimum Gasteiger partial charge on any atom is -0.476 e. The number of aliphatic carboxylic acids is 1. The molecule has 2 aromatic carbocycles. The highest BCUT2D eigenvalue weighted by Crippen LogP contribution is 2.17. The molecule has 3 rings (SSSR count). The normalized spacial score (nSPS) is 8.41.